The van der Waals surface area contributed by atoms with E-state index >= 15 is 0 Å². The second-order valence-corrected chi connectivity index (χ2v) is 5.20. The number of nitrogens with one attached hydrogen (secondary N) is 1. The Kier molecular flexibility index (Phi) is 6.62. The fourth-order valence-corrected chi connectivity index (χ4v) is 2.24. The lowest BCUT2D eigenvalue weighted by Crippen LogP contribution is -2.17. The standard InChI is InChI=1S/C13H18ClNS/c1-3-7-16-8-6-15-10-12-4-5-13(14)9-11(12)2/h3-5,9,15H,1,6-8,10H2,2H3. The van der Waals surface area contributed by atoms with Crippen molar-refractivity contribution in [2.75, 3.05) is 18.1 Å². The maximum atomic E-state index is 5.90. The van der Waals surface area contributed by atoms with Crippen LogP contribution in [-0.2, 0) is 6.54 Å². The summed E-state index contributed by atoms with van der Waals surface area (Å²) in [5, 5.41) is 4.23. The fourth-order valence-electron chi connectivity index (χ4n) is 1.39. The first kappa shape index (κ1) is 13.6. The van der Waals surface area contributed by atoms with E-state index in [1.165, 1.54) is 11.1 Å². The van der Waals surface area contributed by atoms with E-state index < -0.39 is 0 Å². The van der Waals surface area contributed by atoms with Crippen molar-refractivity contribution in [1.82, 2.24) is 5.32 Å². The topological polar surface area (TPSA) is 12.0 Å². The lowest BCUT2D eigenvalue weighted by atomic mass is 10.1. The van der Waals surface area contributed by atoms with Crippen molar-refractivity contribution in [2.45, 2.75) is 13.5 Å². The van der Waals surface area contributed by atoms with Crippen LogP contribution in [0, 0.1) is 6.92 Å². The van der Waals surface area contributed by atoms with Crippen LogP contribution in [-0.4, -0.2) is 18.1 Å². The second kappa shape index (κ2) is 7.77. The molecule has 88 valence electrons. The molecule has 0 bridgehead atoms. The quantitative estimate of drug-likeness (QED) is 0.590. The maximum absolute atomic E-state index is 5.90. The smallest absolute Gasteiger partial charge is 0.0408 e. The maximum Gasteiger partial charge on any atom is 0.0408 e. The van der Waals surface area contributed by atoms with Gasteiger partial charge in [0.1, 0.15) is 0 Å². The Morgan fingerprint density at radius 2 is 2.31 bits per heavy atom. The number of hydrogen-bond donors (Lipinski definition) is 1. The number of aryl methyl sites for hydroxylation is 1. The van der Waals surface area contributed by atoms with E-state index in [0.29, 0.717) is 0 Å². The SMILES string of the molecule is C=CCSCCNCc1ccc(Cl)cc1C. The zero-order chi connectivity index (χ0) is 11.8. The number of halogens is 1. The zero-order valence-corrected chi connectivity index (χ0v) is 11.2. The van der Waals surface area contributed by atoms with E-state index in [2.05, 4.69) is 24.9 Å². The van der Waals surface area contributed by atoms with Gasteiger partial charge < -0.3 is 5.32 Å². The van der Waals surface area contributed by atoms with E-state index in [0.717, 1.165) is 29.6 Å². The molecule has 3 heteroatoms. The number of thioether (sulfide) groups is 1. The van der Waals surface area contributed by atoms with E-state index in [1.807, 2.05) is 30.0 Å². The highest BCUT2D eigenvalue weighted by Crippen LogP contribution is 2.14. The molecule has 0 radical (unpaired) electrons. The Hall–Kier alpha value is -0.440. The molecule has 1 nitrogen and oxygen atoms in total. The lowest BCUT2D eigenvalue weighted by Gasteiger charge is -2.07. The van der Waals surface area contributed by atoms with Crippen molar-refractivity contribution >= 4 is 23.4 Å². The molecule has 0 heterocycles. The molecule has 0 saturated heterocycles. The van der Waals surface area contributed by atoms with Gasteiger partial charge in [0.25, 0.3) is 0 Å². The van der Waals surface area contributed by atoms with Crippen LogP contribution in [0.1, 0.15) is 11.1 Å². The summed E-state index contributed by atoms with van der Waals surface area (Å²) in [6.07, 6.45) is 1.94. The van der Waals surface area contributed by atoms with E-state index in [1.54, 1.807) is 0 Å². The van der Waals surface area contributed by atoms with Gasteiger partial charge in [-0.05, 0) is 30.2 Å². The van der Waals surface area contributed by atoms with Gasteiger partial charge in [-0.15, -0.1) is 6.58 Å². The number of benzene rings is 1. The summed E-state index contributed by atoms with van der Waals surface area (Å²) < 4.78 is 0. The average molecular weight is 256 g/mol. The number of hydrogen-bond acceptors (Lipinski definition) is 2. The van der Waals surface area contributed by atoms with Gasteiger partial charge in [-0.25, -0.2) is 0 Å². The van der Waals surface area contributed by atoms with Gasteiger partial charge in [-0.3, -0.25) is 0 Å². The van der Waals surface area contributed by atoms with Crippen LogP contribution in [0.5, 0.6) is 0 Å². The Balaban J connectivity index is 2.24. The van der Waals surface area contributed by atoms with Crippen molar-refractivity contribution in [3.05, 3.63) is 47.0 Å². The van der Waals surface area contributed by atoms with Crippen LogP contribution >= 0.6 is 23.4 Å². The molecule has 0 unspecified atom stereocenters. The second-order valence-electron chi connectivity index (χ2n) is 3.61. The molecule has 0 atom stereocenters. The largest absolute Gasteiger partial charge is 0.312 e. The lowest BCUT2D eigenvalue weighted by molar-refractivity contribution is 0.729. The molecule has 1 aromatic carbocycles. The molecule has 0 aliphatic heterocycles. The summed E-state index contributed by atoms with van der Waals surface area (Å²) in [5.74, 6) is 2.15. The van der Waals surface area contributed by atoms with Gasteiger partial charge in [-0.1, -0.05) is 23.7 Å². The normalized spacial score (nSPS) is 10.4. The zero-order valence-electron chi connectivity index (χ0n) is 9.63. The van der Waals surface area contributed by atoms with Gasteiger partial charge >= 0.3 is 0 Å². The van der Waals surface area contributed by atoms with E-state index in [4.69, 9.17) is 11.6 Å². The predicted molar refractivity (Wildman–Crippen MR) is 75.4 cm³/mol. The first-order valence-corrected chi connectivity index (χ1v) is 6.91. The average Bonchev–Trinajstić information content (AvgIpc) is 2.26. The highest BCUT2D eigenvalue weighted by atomic mass is 35.5. The van der Waals surface area contributed by atoms with Gasteiger partial charge in [0.15, 0.2) is 0 Å². The van der Waals surface area contributed by atoms with Crippen LogP contribution in [0.3, 0.4) is 0 Å². The third kappa shape index (κ3) is 5.06. The molecule has 0 spiro atoms. The van der Waals surface area contributed by atoms with Crippen molar-refractivity contribution in [3.63, 3.8) is 0 Å². The van der Waals surface area contributed by atoms with Gasteiger partial charge in [0.05, 0.1) is 0 Å². The van der Waals surface area contributed by atoms with Crippen molar-refractivity contribution < 1.29 is 0 Å². The molecule has 16 heavy (non-hydrogen) atoms. The van der Waals surface area contributed by atoms with E-state index in [-0.39, 0.29) is 0 Å². The molecule has 0 aromatic heterocycles. The molecule has 0 amide bonds. The first-order valence-electron chi connectivity index (χ1n) is 5.38. The van der Waals surface area contributed by atoms with Crippen LogP contribution in [0.15, 0.2) is 30.9 Å². The molecule has 1 rings (SSSR count). The molecule has 1 N–H and O–H groups in total. The molecule has 0 aliphatic carbocycles. The Morgan fingerprint density at radius 1 is 1.50 bits per heavy atom. The summed E-state index contributed by atoms with van der Waals surface area (Å²) in [6, 6.07) is 6.03. The highest BCUT2D eigenvalue weighted by molar-refractivity contribution is 7.99. The third-order valence-corrected chi connectivity index (χ3v) is 3.48. The molecular formula is C13H18ClNS. The van der Waals surface area contributed by atoms with Gasteiger partial charge in [0, 0.05) is 29.6 Å². The summed E-state index contributed by atoms with van der Waals surface area (Å²) >= 11 is 7.80. The molecule has 1 aromatic rings. The van der Waals surface area contributed by atoms with Gasteiger partial charge in [-0.2, -0.15) is 11.8 Å². The Bertz CT molecular complexity index is 339. The molecule has 0 saturated carbocycles. The Labute approximate surface area is 107 Å². The van der Waals surface area contributed by atoms with Crippen LogP contribution in [0.2, 0.25) is 5.02 Å². The van der Waals surface area contributed by atoms with Crippen LogP contribution < -0.4 is 5.32 Å². The fraction of sp³-hybridized carbons (Fsp3) is 0.385. The summed E-state index contributed by atoms with van der Waals surface area (Å²) in [6.45, 7) is 7.73. The van der Waals surface area contributed by atoms with Crippen LogP contribution in [0.25, 0.3) is 0 Å². The van der Waals surface area contributed by atoms with Crippen molar-refractivity contribution in [1.29, 1.82) is 0 Å². The molecule has 0 fully saturated rings. The van der Waals surface area contributed by atoms with E-state index in [9.17, 15) is 0 Å². The van der Waals surface area contributed by atoms with Crippen LogP contribution in [0.4, 0.5) is 0 Å². The minimum Gasteiger partial charge on any atom is -0.312 e. The molecule has 0 aliphatic rings. The number of rotatable bonds is 7. The summed E-state index contributed by atoms with van der Waals surface area (Å²) in [4.78, 5) is 0. The monoisotopic (exact) mass is 255 g/mol. The predicted octanol–water partition coefficient (Wildman–Crippen LogP) is 3.66. The van der Waals surface area contributed by atoms with Crippen molar-refractivity contribution in [3.8, 4) is 0 Å². The third-order valence-electron chi connectivity index (χ3n) is 2.28. The van der Waals surface area contributed by atoms with Crippen molar-refractivity contribution in [2.24, 2.45) is 0 Å². The highest BCUT2D eigenvalue weighted by Gasteiger charge is 1.98. The summed E-state index contributed by atoms with van der Waals surface area (Å²) in [5.41, 5.74) is 2.57. The summed E-state index contributed by atoms with van der Waals surface area (Å²) in [7, 11) is 0. The minimum atomic E-state index is 0.808. The minimum absolute atomic E-state index is 0.808. The van der Waals surface area contributed by atoms with Gasteiger partial charge in [0.2, 0.25) is 0 Å². The Morgan fingerprint density at radius 3 is 3.00 bits per heavy atom. The molecular weight excluding hydrogens is 238 g/mol. The first-order chi connectivity index (χ1) is 7.74.